The largest absolute Gasteiger partial charge is 0.376 e. The van der Waals surface area contributed by atoms with Gasteiger partial charge in [0.15, 0.2) is 0 Å². The lowest BCUT2D eigenvalue weighted by Crippen LogP contribution is -2.40. The summed E-state index contributed by atoms with van der Waals surface area (Å²) < 4.78 is 11.7. The summed E-state index contributed by atoms with van der Waals surface area (Å²) >= 11 is 3.62. The van der Waals surface area contributed by atoms with Crippen molar-refractivity contribution in [3.63, 3.8) is 0 Å². The van der Waals surface area contributed by atoms with Crippen LogP contribution >= 0.6 is 15.9 Å². The van der Waals surface area contributed by atoms with Gasteiger partial charge in [0.25, 0.3) is 0 Å². The van der Waals surface area contributed by atoms with Crippen molar-refractivity contribution in [2.45, 2.75) is 57.2 Å². The monoisotopic (exact) mass is 290 g/mol. The second-order valence-corrected chi connectivity index (χ2v) is 6.00. The van der Waals surface area contributed by atoms with Crippen LogP contribution in [0.2, 0.25) is 0 Å². The van der Waals surface area contributed by atoms with E-state index in [-0.39, 0.29) is 5.60 Å². The minimum absolute atomic E-state index is 0.0879. The minimum Gasteiger partial charge on any atom is -0.376 e. The van der Waals surface area contributed by atoms with Crippen LogP contribution in [0.5, 0.6) is 0 Å². The van der Waals surface area contributed by atoms with Crippen LogP contribution in [0.15, 0.2) is 0 Å². The highest BCUT2D eigenvalue weighted by Crippen LogP contribution is 2.36. The molecule has 2 saturated carbocycles. The van der Waals surface area contributed by atoms with Crippen molar-refractivity contribution in [2.24, 2.45) is 5.92 Å². The fourth-order valence-corrected chi connectivity index (χ4v) is 3.28. The molecule has 0 aromatic carbocycles. The molecule has 0 radical (unpaired) electrons. The number of rotatable bonds is 6. The van der Waals surface area contributed by atoms with E-state index in [4.69, 9.17) is 9.47 Å². The predicted octanol–water partition coefficient (Wildman–Crippen LogP) is 3.53. The molecule has 0 heterocycles. The summed E-state index contributed by atoms with van der Waals surface area (Å²) in [6, 6.07) is 0. The van der Waals surface area contributed by atoms with Crippen molar-refractivity contribution in [1.82, 2.24) is 0 Å². The molecule has 0 N–H and O–H groups in total. The molecule has 3 heteroatoms. The summed E-state index contributed by atoms with van der Waals surface area (Å²) in [7, 11) is 0. The first-order valence-electron chi connectivity index (χ1n) is 6.56. The van der Waals surface area contributed by atoms with E-state index in [9.17, 15) is 0 Å². The van der Waals surface area contributed by atoms with E-state index in [0.717, 1.165) is 24.5 Å². The third kappa shape index (κ3) is 3.71. The zero-order chi connectivity index (χ0) is 11.4. The molecular weight excluding hydrogens is 268 g/mol. The van der Waals surface area contributed by atoms with E-state index in [2.05, 4.69) is 22.9 Å². The van der Waals surface area contributed by atoms with Crippen molar-refractivity contribution < 1.29 is 9.47 Å². The van der Waals surface area contributed by atoms with Crippen molar-refractivity contribution in [1.29, 1.82) is 0 Å². The lowest BCUT2D eigenvalue weighted by molar-refractivity contribution is -0.0828. The average Bonchev–Trinajstić information content (AvgIpc) is 3.08. The summed E-state index contributed by atoms with van der Waals surface area (Å²) in [4.78, 5) is 0. The second-order valence-electron chi connectivity index (χ2n) is 5.44. The van der Waals surface area contributed by atoms with Crippen LogP contribution in [0.1, 0.15) is 45.4 Å². The van der Waals surface area contributed by atoms with Crippen LogP contribution in [0.3, 0.4) is 0 Å². The van der Waals surface area contributed by atoms with E-state index in [1.54, 1.807) is 0 Å². The van der Waals surface area contributed by atoms with E-state index < -0.39 is 0 Å². The fourth-order valence-electron chi connectivity index (χ4n) is 2.61. The van der Waals surface area contributed by atoms with Gasteiger partial charge in [-0.3, -0.25) is 0 Å². The highest BCUT2D eigenvalue weighted by Gasteiger charge is 2.35. The van der Waals surface area contributed by atoms with Crippen molar-refractivity contribution in [3.8, 4) is 0 Å². The van der Waals surface area contributed by atoms with E-state index in [1.807, 2.05) is 0 Å². The van der Waals surface area contributed by atoms with Gasteiger partial charge in [0, 0.05) is 5.33 Å². The molecule has 16 heavy (non-hydrogen) atoms. The van der Waals surface area contributed by atoms with Crippen LogP contribution in [-0.2, 0) is 9.47 Å². The number of hydrogen-bond donors (Lipinski definition) is 0. The highest BCUT2D eigenvalue weighted by atomic mass is 79.9. The Labute approximate surface area is 107 Å². The van der Waals surface area contributed by atoms with Gasteiger partial charge >= 0.3 is 0 Å². The standard InChI is InChI=1S/C13H23BrO2/c1-11-3-2-6-13(9-11,10-14)16-8-7-15-12-4-5-12/h11-12H,2-10H2,1H3. The first kappa shape index (κ1) is 12.8. The molecule has 0 bridgehead atoms. The lowest BCUT2D eigenvalue weighted by atomic mass is 9.80. The van der Waals surface area contributed by atoms with E-state index in [1.165, 1.54) is 38.5 Å². The topological polar surface area (TPSA) is 18.5 Å². The van der Waals surface area contributed by atoms with Crippen LogP contribution in [0, 0.1) is 5.92 Å². The molecule has 2 aliphatic carbocycles. The van der Waals surface area contributed by atoms with Gasteiger partial charge in [0.1, 0.15) is 0 Å². The second kappa shape index (κ2) is 5.83. The van der Waals surface area contributed by atoms with Gasteiger partial charge < -0.3 is 9.47 Å². The highest BCUT2D eigenvalue weighted by molar-refractivity contribution is 9.09. The number of halogens is 1. The summed E-state index contributed by atoms with van der Waals surface area (Å²) in [5.41, 5.74) is 0.0879. The van der Waals surface area contributed by atoms with Gasteiger partial charge in [-0.1, -0.05) is 35.7 Å². The Morgan fingerprint density at radius 3 is 2.69 bits per heavy atom. The normalized spacial score (nSPS) is 35.2. The molecule has 2 nitrogen and oxygen atoms in total. The summed E-state index contributed by atoms with van der Waals surface area (Å²) in [6.07, 6.45) is 8.11. The molecule has 2 fully saturated rings. The van der Waals surface area contributed by atoms with Crippen LogP contribution in [0.25, 0.3) is 0 Å². The predicted molar refractivity (Wildman–Crippen MR) is 69.1 cm³/mol. The van der Waals surface area contributed by atoms with Gasteiger partial charge in [0.05, 0.1) is 24.9 Å². The molecule has 2 aliphatic rings. The van der Waals surface area contributed by atoms with Crippen LogP contribution in [-0.4, -0.2) is 30.2 Å². The molecule has 0 spiro atoms. The van der Waals surface area contributed by atoms with Crippen molar-refractivity contribution >= 4 is 15.9 Å². The molecule has 2 atom stereocenters. The summed E-state index contributed by atoms with van der Waals surface area (Å²) in [6.45, 7) is 3.86. The third-order valence-corrected chi connectivity index (χ3v) is 4.68. The van der Waals surface area contributed by atoms with Crippen molar-refractivity contribution in [2.75, 3.05) is 18.5 Å². The number of hydrogen-bond acceptors (Lipinski definition) is 2. The molecule has 94 valence electrons. The number of ether oxygens (including phenoxy) is 2. The quantitative estimate of drug-likeness (QED) is 0.550. The molecular formula is C13H23BrO2. The molecule has 0 saturated heterocycles. The van der Waals surface area contributed by atoms with Crippen molar-refractivity contribution in [3.05, 3.63) is 0 Å². The minimum atomic E-state index is 0.0879. The number of alkyl halides is 1. The Morgan fingerprint density at radius 1 is 1.25 bits per heavy atom. The summed E-state index contributed by atoms with van der Waals surface area (Å²) in [5.74, 6) is 0.802. The smallest absolute Gasteiger partial charge is 0.0782 e. The Kier molecular flexibility index (Phi) is 4.68. The van der Waals surface area contributed by atoms with Gasteiger partial charge in [-0.15, -0.1) is 0 Å². The van der Waals surface area contributed by atoms with Gasteiger partial charge in [-0.2, -0.15) is 0 Å². The maximum absolute atomic E-state index is 6.10. The van der Waals surface area contributed by atoms with Gasteiger partial charge in [-0.05, 0) is 31.6 Å². The van der Waals surface area contributed by atoms with E-state index >= 15 is 0 Å². The zero-order valence-corrected chi connectivity index (χ0v) is 11.8. The Hall–Kier alpha value is 0.400. The average molecular weight is 291 g/mol. The third-order valence-electron chi connectivity index (χ3n) is 3.66. The SMILES string of the molecule is CC1CCCC(CBr)(OCCOC2CC2)C1. The Bertz CT molecular complexity index is 218. The Balaban J connectivity index is 1.69. The maximum Gasteiger partial charge on any atom is 0.0782 e. The summed E-state index contributed by atoms with van der Waals surface area (Å²) in [5, 5.41) is 0.966. The maximum atomic E-state index is 6.10. The molecule has 0 aliphatic heterocycles. The van der Waals surface area contributed by atoms with Gasteiger partial charge in [0.2, 0.25) is 0 Å². The zero-order valence-electron chi connectivity index (χ0n) is 10.2. The first-order chi connectivity index (χ1) is 7.74. The molecule has 0 aromatic heterocycles. The first-order valence-corrected chi connectivity index (χ1v) is 7.68. The Morgan fingerprint density at radius 2 is 2.06 bits per heavy atom. The fraction of sp³-hybridized carbons (Fsp3) is 1.00. The molecule has 0 aromatic rings. The molecule has 2 unspecified atom stereocenters. The van der Waals surface area contributed by atoms with Crippen LogP contribution in [0.4, 0.5) is 0 Å². The lowest BCUT2D eigenvalue weighted by Gasteiger charge is -2.38. The molecule has 2 rings (SSSR count). The molecule has 0 amide bonds. The van der Waals surface area contributed by atoms with Crippen LogP contribution < -0.4 is 0 Å². The van der Waals surface area contributed by atoms with Gasteiger partial charge in [-0.25, -0.2) is 0 Å². The van der Waals surface area contributed by atoms with E-state index in [0.29, 0.717) is 6.10 Å².